The molecule has 19 heavy (non-hydrogen) atoms. The highest BCUT2D eigenvalue weighted by molar-refractivity contribution is 7.89. The van der Waals surface area contributed by atoms with Crippen LogP contribution in [-0.2, 0) is 16.6 Å². The SMILES string of the molecule is CCCC1CC1NS(=O)(=O)c1[nH]ncc1CNCC. The first-order chi connectivity index (χ1) is 9.08. The molecule has 0 spiro atoms. The number of hydrogen-bond acceptors (Lipinski definition) is 4. The van der Waals surface area contributed by atoms with Crippen molar-refractivity contribution >= 4 is 10.0 Å². The molecular weight excluding hydrogens is 264 g/mol. The van der Waals surface area contributed by atoms with Crippen LogP contribution >= 0.6 is 0 Å². The normalized spacial score (nSPS) is 22.6. The van der Waals surface area contributed by atoms with E-state index in [0.29, 0.717) is 18.0 Å². The molecule has 2 unspecified atom stereocenters. The molecule has 1 aromatic rings. The highest BCUT2D eigenvalue weighted by atomic mass is 32.2. The molecule has 7 heteroatoms. The molecule has 1 aliphatic rings. The Morgan fingerprint density at radius 1 is 1.47 bits per heavy atom. The van der Waals surface area contributed by atoms with Gasteiger partial charge in [-0.2, -0.15) is 5.10 Å². The summed E-state index contributed by atoms with van der Waals surface area (Å²) in [6, 6.07) is 0.0974. The number of aromatic nitrogens is 2. The fourth-order valence-corrected chi connectivity index (χ4v) is 3.71. The van der Waals surface area contributed by atoms with Crippen molar-refractivity contribution in [2.75, 3.05) is 6.54 Å². The number of rotatable bonds is 8. The van der Waals surface area contributed by atoms with E-state index in [4.69, 9.17) is 0 Å². The quantitative estimate of drug-likeness (QED) is 0.665. The summed E-state index contributed by atoms with van der Waals surface area (Å²) in [6.45, 7) is 5.39. The van der Waals surface area contributed by atoms with Gasteiger partial charge >= 0.3 is 0 Å². The van der Waals surface area contributed by atoms with Gasteiger partial charge in [0.05, 0.1) is 6.20 Å². The van der Waals surface area contributed by atoms with Gasteiger partial charge in [0.2, 0.25) is 0 Å². The Kier molecular flexibility index (Phi) is 4.59. The molecule has 2 atom stereocenters. The first-order valence-corrected chi connectivity index (χ1v) is 8.32. The monoisotopic (exact) mass is 286 g/mol. The fraction of sp³-hybridized carbons (Fsp3) is 0.750. The van der Waals surface area contributed by atoms with Gasteiger partial charge in [-0.15, -0.1) is 0 Å². The Hall–Kier alpha value is -0.920. The average Bonchev–Trinajstić information content (AvgIpc) is 2.91. The van der Waals surface area contributed by atoms with Crippen LogP contribution in [-0.4, -0.2) is 31.2 Å². The van der Waals surface area contributed by atoms with E-state index in [0.717, 1.165) is 25.8 Å². The maximum absolute atomic E-state index is 12.3. The summed E-state index contributed by atoms with van der Waals surface area (Å²) in [5.74, 6) is 0.500. The molecule has 0 saturated heterocycles. The first kappa shape index (κ1) is 14.5. The zero-order chi connectivity index (χ0) is 13.9. The van der Waals surface area contributed by atoms with E-state index in [2.05, 4.69) is 27.2 Å². The van der Waals surface area contributed by atoms with Crippen molar-refractivity contribution in [3.8, 4) is 0 Å². The molecule has 108 valence electrons. The third kappa shape index (κ3) is 3.55. The van der Waals surface area contributed by atoms with Crippen LogP contribution in [0.25, 0.3) is 0 Å². The van der Waals surface area contributed by atoms with Gasteiger partial charge in [-0.1, -0.05) is 20.3 Å². The van der Waals surface area contributed by atoms with Crippen molar-refractivity contribution in [3.05, 3.63) is 11.8 Å². The molecule has 2 rings (SSSR count). The number of sulfonamides is 1. The zero-order valence-electron chi connectivity index (χ0n) is 11.4. The molecule has 0 amide bonds. The molecular formula is C12H22N4O2S. The minimum atomic E-state index is -3.47. The lowest BCUT2D eigenvalue weighted by Crippen LogP contribution is -2.28. The van der Waals surface area contributed by atoms with E-state index in [9.17, 15) is 8.42 Å². The van der Waals surface area contributed by atoms with Crippen LogP contribution in [0, 0.1) is 5.92 Å². The molecule has 0 bridgehead atoms. The van der Waals surface area contributed by atoms with Gasteiger partial charge in [0.25, 0.3) is 10.0 Å². The number of nitrogens with one attached hydrogen (secondary N) is 3. The van der Waals surface area contributed by atoms with Crippen molar-refractivity contribution in [1.82, 2.24) is 20.2 Å². The fourth-order valence-electron chi connectivity index (χ4n) is 2.26. The maximum atomic E-state index is 12.3. The average molecular weight is 286 g/mol. The first-order valence-electron chi connectivity index (χ1n) is 6.83. The lowest BCUT2D eigenvalue weighted by Gasteiger charge is -2.07. The van der Waals surface area contributed by atoms with E-state index in [1.165, 1.54) is 0 Å². The molecule has 1 aromatic heterocycles. The third-order valence-electron chi connectivity index (χ3n) is 3.40. The van der Waals surface area contributed by atoms with E-state index in [1.54, 1.807) is 6.20 Å². The summed E-state index contributed by atoms with van der Waals surface area (Å²) >= 11 is 0. The standard InChI is InChI=1S/C12H22N4O2S/c1-3-5-9-6-11(9)16-19(17,18)12-10(7-13-4-2)8-14-15-12/h8-9,11,13,16H,3-7H2,1-2H3,(H,14,15). The van der Waals surface area contributed by atoms with Crippen LogP contribution in [0.1, 0.15) is 38.7 Å². The van der Waals surface area contributed by atoms with Crippen LogP contribution in [0.5, 0.6) is 0 Å². The lowest BCUT2D eigenvalue weighted by molar-refractivity contribution is 0.566. The lowest BCUT2D eigenvalue weighted by atomic mass is 10.2. The minimum absolute atomic E-state index is 0.0974. The summed E-state index contributed by atoms with van der Waals surface area (Å²) in [5, 5.41) is 9.73. The number of H-pyrrole nitrogens is 1. The topological polar surface area (TPSA) is 86.9 Å². The molecule has 1 fully saturated rings. The summed E-state index contributed by atoms with van der Waals surface area (Å²) < 4.78 is 27.3. The van der Waals surface area contributed by atoms with Gasteiger partial charge in [0.15, 0.2) is 5.03 Å². The highest BCUT2D eigenvalue weighted by Gasteiger charge is 2.40. The molecule has 0 aromatic carbocycles. The predicted octanol–water partition coefficient (Wildman–Crippen LogP) is 0.986. The summed E-state index contributed by atoms with van der Waals surface area (Å²) in [4.78, 5) is 0. The van der Waals surface area contributed by atoms with Crippen LogP contribution < -0.4 is 10.0 Å². The number of hydrogen-bond donors (Lipinski definition) is 3. The Bertz CT molecular complexity index is 512. The Morgan fingerprint density at radius 2 is 2.26 bits per heavy atom. The van der Waals surface area contributed by atoms with Gasteiger partial charge in [0.1, 0.15) is 0 Å². The van der Waals surface area contributed by atoms with E-state index < -0.39 is 10.0 Å². The largest absolute Gasteiger partial charge is 0.313 e. The van der Waals surface area contributed by atoms with Gasteiger partial charge in [-0.05, 0) is 25.3 Å². The second-order valence-corrected chi connectivity index (χ2v) is 6.67. The van der Waals surface area contributed by atoms with E-state index in [-0.39, 0.29) is 11.1 Å². The van der Waals surface area contributed by atoms with Crippen molar-refractivity contribution in [3.63, 3.8) is 0 Å². The summed E-state index contributed by atoms with van der Waals surface area (Å²) in [7, 11) is -3.47. The number of aromatic amines is 1. The molecule has 6 nitrogen and oxygen atoms in total. The van der Waals surface area contributed by atoms with E-state index >= 15 is 0 Å². The van der Waals surface area contributed by atoms with Gasteiger partial charge in [0, 0.05) is 18.2 Å². The Morgan fingerprint density at radius 3 is 2.95 bits per heavy atom. The molecule has 1 saturated carbocycles. The van der Waals surface area contributed by atoms with Gasteiger partial charge < -0.3 is 5.32 Å². The Balaban J connectivity index is 2.02. The van der Waals surface area contributed by atoms with Crippen molar-refractivity contribution in [1.29, 1.82) is 0 Å². The number of nitrogens with zero attached hydrogens (tertiary/aromatic N) is 1. The van der Waals surface area contributed by atoms with Gasteiger partial charge in [-0.3, -0.25) is 5.10 Å². The summed E-state index contributed by atoms with van der Waals surface area (Å²) in [6.07, 6.45) is 4.69. The third-order valence-corrected chi connectivity index (χ3v) is 4.90. The van der Waals surface area contributed by atoms with Crippen LogP contribution in [0.15, 0.2) is 11.2 Å². The second-order valence-electron chi connectivity index (χ2n) is 5.02. The smallest absolute Gasteiger partial charge is 0.258 e. The molecule has 1 heterocycles. The molecule has 1 aliphatic carbocycles. The predicted molar refractivity (Wildman–Crippen MR) is 73.1 cm³/mol. The van der Waals surface area contributed by atoms with Crippen LogP contribution in [0.2, 0.25) is 0 Å². The minimum Gasteiger partial charge on any atom is -0.313 e. The zero-order valence-corrected chi connectivity index (χ0v) is 12.3. The maximum Gasteiger partial charge on any atom is 0.258 e. The highest BCUT2D eigenvalue weighted by Crippen LogP contribution is 2.35. The second kappa shape index (κ2) is 6.02. The van der Waals surface area contributed by atoms with Crippen molar-refractivity contribution < 1.29 is 8.42 Å². The van der Waals surface area contributed by atoms with E-state index in [1.807, 2.05) is 6.92 Å². The van der Waals surface area contributed by atoms with Crippen LogP contribution in [0.3, 0.4) is 0 Å². The van der Waals surface area contributed by atoms with Crippen molar-refractivity contribution in [2.45, 2.75) is 50.7 Å². The van der Waals surface area contributed by atoms with Gasteiger partial charge in [-0.25, -0.2) is 13.1 Å². The van der Waals surface area contributed by atoms with Crippen LogP contribution in [0.4, 0.5) is 0 Å². The summed E-state index contributed by atoms with van der Waals surface area (Å²) in [5.41, 5.74) is 0.682. The molecule has 0 radical (unpaired) electrons. The Labute approximate surface area is 114 Å². The molecule has 3 N–H and O–H groups in total. The van der Waals surface area contributed by atoms with Crippen molar-refractivity contribution in [2.24, 2.45) is 5.92 Å². The molecule has 0 aliphatic heterocycles.